The fourth-order valence-corrected chi connectivity index (χ4v) is 9.08. The van der Waals surface area contributed by atoms with Crippen molar-refractivity contribution in [3.05, 3.63) is 187 Å². The lowest BCUT2D eigenvalue weighted by atomic mass is 9.63. The Morgan fingerprint density at radius 1 is 0.411 bits per heavy atom. The van der Waals surface area contributed by atoms with Crippen LogP contribution in [0.15, 0.2) is 180 Å². The number of hydrogen-bond donors (Lipinski definition) is 0. The Labute approximate surface area is 329 Å². The largest absolute Gasteiger partial charge is 0.456 e. The van der Waals surface area contributed by atoms with Gasteiger partial charge in [0.15, 0.2) is 0 Å². The average molecular weight is 724 g/mol. The van der Waals surface area contributed by atoms with E-state index in [0.29, 0.717) is 0 Å². The fourth-order valence-electron chi connectivity index (χ4n) is 9.08. The first-order valence-corrected chi connectivity index (χ1v) is 19.9. The maximum atomic E-state index is 6.76. The SMILES string of the molecule is CC1(C)CCC(C)(C)c2cc3c(cc21)oc1cc(N(c2ccc(-c4ccccc4)cc2)c2ccc(-c4cccc5cccc(-c6ccccc6)c45)cc2)ccc13. The summed E-state index contributed by atoms with van der Waals surface area (Å²) in [6, 6.07) is 64.0. The predicted molar refractivity (Wildman–Crippen MR) is 238 cm³/mol. The van der Waals surface area contributed by atoms with Crippen molar-refractivity contribution in [3.63, 3.8) is 0 Å². The molecule has 56 heavy (non-hydrogen) atoms. The summed E-state index contributed by atoms with van der Waals surface area (Å²) in [5, 5.41) is 4.86. The number of fused-ring (bicyclic) bond motifs is 5. The van der Waals surface area contributed by atoms with E-state index in [9.17, 15) is 0 Å². The third-order valence-electron chi connectivity index (χ3n) is 12.3. The van der Waals surface area contributed by atoms with Gasteiger partial charge < -0.3 is 9.32 Å². The van der Waals surface area contributed by atoms with Crippen molar-refractivity contribution in [3.8, 4) is 33.4 Å². The summed E-state index contributed by atoms with van der Waals surface area (Å²) >= 11 is 0. The third kappa shape index (κ3) is 5.80. The zero-order valence-corrected chi connectivity index (χ0v) is 32.5. The van der Waals surface area contributed by atoms with Crippen molar-refractivity contribution < 1.29 is 4.42 Å². The molecule has 1 aliphatic rings. The van der Waals surface area contributed by atoms with E-state index >= 15 is 0 Å². The van der Waals surface area contributed by atoms with Crippen LogP contribution >= 0.6 is 0 Å². The van der Waals surface area contributed by atoms with Crippen LogP contribution in [0, 0.1) is 0 Å². The first-order valence-electron chi connectivity index (χ1n) is 19.9. The van der Waals surface area contributed by atoms with E-state index in [-0.39, 0.29) is 10.8 Å². The molecular weight excluding hydrogens is 679 g/mol. The molecule has 0 radical (unpaired) electrons. The lowest BCUT2D eigenvalue weighted by Gasteiger charge is -2.41. The highest BCUT2D eigenvalue weighted by molar-refractivity contribution is 6.08. The molecule has 1 heterocycles. The zero-order chi connectivity index (χ0) is 38.0. The molecule has 0 saturated carbocycles. The van der Waals surface area contributed by atoms with Gasteiger partial charge in [-0.25, -0.2) is 0 Å². The van der Waals surface area contributed by atoms with Gasteiger partial charge in [0, 0.05) is 33.9 Å². The van der Waals surface area contributed by atoms with Gasteiger partial charge in [0.1, 0.15) is 11.2 Å². The van der Waals surface area contributed by atoms with Crippen LogP contribution in [0.5, 0.6) is 0 Å². The molecule has 0 N–H and O–H groups in total. The first kappa shape index (κ1) is 34.1. The molecule has 1 aromatic heterocycles. The molecule has 0 atom stereocenters. The third-order valence-corrected chi connectivity index (χ3v) is 12.3. The summed E-state index contributed by atoms with van der Waals surface area (Å²) in [6.07, 6.45) is 2.36. The van der Waals surface area contributed by atoms with Crippen molar-refractivity contribution in [2.24, 2.45) is 0 Å². The van der Waals surface area contributed by atoms with Crippen molar-refractivity contribution in [2.45, 2.75) is 51.4 Å². The van der Waals surface area contributed by atoms with E-state index in [0.717, 1.165) is 33.6 Å². The van der Waals surface area contributed by atoms with E-state index in [1.54, 1.807) is 0 Å². The molecule has 8 aromatic carbocycles. The number of nitrogens with zero attached hydrogens (tertiary/aromatic N) is 1. The summed E-state index contributed by atoms with van der Waals surface area (Å²) in [4.78, 5) is 2.35. The maximum absolute atomic E-state index is 6.76. The molecule has 0 unspecified atom stereocenters. The second kappa shape index (κ2) is 13.1. The molecule has 0 saturated heterocycles. The molecule has 272 valence electrons. The molecule has 0 spiro atoms. The zero-order valence-electron chi connectivity index (χ0n) is 32.5. The maximum Gasteiger partial charge on any atom is 0.137 e. The van der Waals surface area contributed by atoms with E-state index in [4.69, 9.17) is 4.42 Å². The summed E-state index contributed by atoms with van der Waals surface area (Å²) in [5.41, 5.74) is 15.5. The predicted octanol–water partition coefficient (Wildman–Crippen LogP) is 15.6. The monoisotopic (exact) mass is 723 g/mol. The second-order valence-corrected chi connectivity index (χ2v) is 16.8. The minimum atomic E-state index is 0.118. The first-order chi connectivity index (χ1) is 27.2. The van der Waals surface area contributed by atoms with Crippen LogP contribution in [0.1, 0.15) is 51.7 Å². The van der Waals surface area contributed by atoms with Gasteiger partial charge in [0.05, 0.1) is 0 Å². The Balaban J connectivity index is 1.10. The lowest BCUT2D eigenvalue weighted by Crippen LogP contribution is -2.33. The van der Waals surface area contributed by atoms with E-state index in [1.165, 1.54) is 73.5 Å². The Bertz CT molecular complexity index is 2870. The normalized spacial score (nSPS) is 14.6. The Kier molecular flexibility index (Phi) is 8.01. The number of hydrogen-bond acceptors (Lipinski definition) is 2. The van der Waals surface area contributed by atoms with Crippen molar-refractivity contribution >= 4 is 49.8 Å². The molecule has 1 aliphatic carbocycles. The number of benzene rings is 8. The van der Waals surface area contributed by atoms with Gasteiger partial charge in [-0.2, -0.15) is 0 Å². The van der Waals surface area contributed by atoms with Crippen LogP contribution in [0.4, 0.5) is 17.1 Å². The Morgan fingerprint density at radius 3 is 1.50 bits per heavy atom. The Hall–Kier alpha value is -6.38. The standard InChI is InChI=1S/C54H45NO/c1-53(2)31-32-54(3,4)49-35-51-47(34-48(49)53)46-30-29-43(33-50(46)56-51)55(41-25-21-37(22-26-41)36-13-7-5-8-14-36)42-27-23-39(24-28-42)45-20-12-18-40-17-11-19-44(52(40)45)38-15-9-6-10-16-38/h5-30,33-35H,31-32H2,1-4H3. The van der Waals surface area contributed by atoms with Gasteiger partial charge in [0.25, 0.3) is 0 Å². The number of furan rings is 1. The van der Waals surface area contributed by atoms with Crippen molar-refractivity contribution in [1.82, 2.24) is 0 Å². The smallest absolute Gasteiger partial charge is 0.137 e. The minimum absolute atomic E-state index is 0.118. The summed E-state index contributed by atoms with van der Waals surface area (Å²) < 4.78 is 6.76. The molecule has 10 rings (SSSR count). The molecule has 0 amide bonds. The van der Waals surface area contributed by atoms with Crippen LogP contribution < -0.4 is 4.90 Å². The number of rotatable bonds is 6. The van der Waals surface area contributed by atoms with Gasteiger partial charge in [-0.05, 0) is 127 Å². The quantitative estimate of drug-likeness (QED) is 0.170. The highest BCUT2D eigenvalue weighted by Crippen LogP contribution is 2.49. The molecule has 0 fully saturated rings. The fraction of sp³-hybridized carbons (Fsp3) is 0.148. The molecular formula is C54H45NO. The van der Waals surface area contributed by atoms with Crippen LogP contribution in [-0.2, 0) is 10.8 Å². The molecule has 2 nitrogen and oxygen atoms in total. The number of anilines is 3. The van der Waals surface area contributed by atoms with E-state index < -0.39 is 0 Å². The Morgan fingerprint density at radius 2 is 0.893 bits per heavy atom. The van der Waals surface area contributed by atoms with Crippen molar-refractivity contribution in [2.75, 3.05) is 4.90 Å². The highest BCUT2D eigenvalue weighted by atomic mass is 16.3. The van der Waals surface area contributed by atoms with Gasteiger partial charge >= 0.3 is 0 Å². The van der Waals surface area contributed by atoms with E-state index in [1.807, 2.05) is 0 Å². The summed E-state index contributed by atoms with van der Waals surface area (Å²) in [5.74, 6) is 0. The molecule has 9 aromatic rings. The molecule has 0 aliphatic heterocycles. The van der Waals surface area contributed by atoms with Gasteiger partial charge in [-0.1, -0.05) is 149 Å². The summed E-state index contributed by atoms with van der Waals surface area (Å²) in [7, 11) is 0. The topological polar surface area (TPSA) is 16.4 Å². The van der Waals surface area contributed by atoms with Gasteiger partial charge in [-0.15, -0.1) is 0 Å². The van der Waals surface area contributed by atoms with E-state index in [2.05, 4.69) is 209 Å². The van der Waals surface area contributed by atoms with Gasteiger partial charge in [0.2, 0.25) is 0 Å². The van der Waals surface area contributed by atoms with Crippen LogP contribution in [0.2, 0.25) is 0 Å². The van der Waals surface area contributed by atoms with Crippen LogP contribution in [0.25, 0.3) is 66.1 Å². The van der Waals surface area contributed by atoms with Gasteiger partial charge in [-0.3, -0.25) is 0 Å². The van der Waals surface area contributed by atoms with Crippen molar-refractivity contribution in [1.29, 1.82) is 0 Å². The second-order valence-electron chi connectivity index (χ2n) is 16.8. The highest BCUT2D eigenvalue weighted by Gasteiger charge is 2.37. The lowest BCUT2D eigenvalue weighted by molar-refractivity contribution is 0.332. The van der Waals surface area contributed by atoms with Crippen LogP contribution in [0.3, 0.4) is 0 Å². The minimum Gasteiger partial charge on any atom is -0.456 e. The molecule has 0 bridgehead atoms. The molecule has 2 heteroatoms. The van der Waals surface area contributed by atoms with Crippen LogP contribution in [-0.4, -0.2) is 0 Å². The average Bonchev–Trinajstić information content (AvgIpc) is 3.60. The summed E-state index contributed by atoms with van der Waals surface area (Å²) in [6.45, 7) is 9.54.